The second-order valence-corrected chi connectivity index (χ2v) is 6.56. The molecule has 1 heterocycles. The lowest BCUT2D eigenvalue weighted by molar-refractivity contribution is 0.251. The topological polar surface area (TPSA) is 21.3 Å². The molecule has 0 bridgehead atoms. The minimum atomic E-state index is 0.284. The Labute approximate surface area is 120 Å². The Morgan fingerprint density at radius 3 is 2.84 bits per heavy atom. The maximum atomic E-state index is 6.20. The van der Waals surface area contributed by atoms with Crippen LogP contribution in [-0.4, -0.2) is 12.1 Å². The fourth-order valence-electron chi connectivity index (χ4n) is 3.29. The van der Waals surface area contributed by atoms with Crippen molar-refractivity contribution < 1.29 is 4.74 Å². The van der Waals surface area contributed by atoms with Crippen molar-refractivity contribution in [1.29, 1.82) is 0 Å². The van der Waals surface area contributed by atoms with Crippen molar-refractivity contribution in [1.82, 2.24) is 5.32 Å². The molecule has 0 amide bonds. The third kappa shape index (κ3) is 2.90. The lowest BCUT2D eigenvalue weighted by atomic mass is 9.83. The van der Waals surface area contributed by atoms with Crippen molar-refractivity contribution in [2.45, 2.75) is 57.5 Å². The molecule has 1 aliphatic heterocycles. The molecule has 1 N–H and O–H groups in total. The first-order valence-corrected chi connectivity index (χ1v) is 7.73. The molecule has 104 valence electrons. The molecule has 1 aliphatic carbocycles. The first-order valence-electron chi connectivity index (χ1n) is 7.35. The van der Waals surface area contributed by atoms with Crippen LogP contribution in [0.25, 0.3) is 0 Å². The molecule has 1 fully saturated rings. The molecule has 0 saturated heterocycles. The van der Waals surface area contributed by atoms with Crippen LogP contribution in [0, 0.1) is 0 Å². The number of fused-ring (bicyclic) bond motifs is 1. The quantitative estimate of drug-likeness (QED) is 0.900. The van der Waals surface area contributed by atoms with Gasteiger partial charge in [-0.1, -0.05) is 30.9 Å². The summed E-state index contributed by atoms with van der Waals surface area (Å²) in [5.74, 6) is 1.07. The summed E-state index contributed by atoms with van der Waals surface area (Å²) in [7, 11) is 0. The molecular formula is C16H22ClNO. The first-order chi connectivity index (χ1) is 9.16. The van der Waals surface area contributed by atoms with Crippen LogP contribution in [0.4, 0.5) is 0 Å². The molecule has 0 radical (unpaired) electrons. The van der Waals surface area contributed by atoms with E-state index in [1.807, 2.05) is 12.1 Å². The zero-order valence-electron chi connectivity index (χ0n) is 11.6. The highest BCUT2D eigenvalue weighted by Gasteiger charge is 2.27. The van der Waals surface area contributed by atoms with Crippen LogP contribution in [-0.2, 0) is 13.0 Å². The highest BCUT2D eigenvalue weighted by atomic mass is 35.5. The van der Waals surface area contributed by atoms with Crippen LogP contribution in [0.15, 0.2) is 12.1 Å². The minimum absolute atomic E-state index is 0.284. The van der Waals surface area contributed by atoms with Gasteiger partial charge in [-0.2, -0.15) is 0 Å². The Hall–Kier alpha value is -0.730. The fourth-order valence-corrected chi connectivity index (χ4v) is 3.56. The van der Waals surface area contributed by atoms with Crippen LogP contribution in [0.2, 0.25) is 5.02 Å². The SMILES string of the molecule is CC1(NCc2cc(Cl)cc3c2OCC3)CCCCC1. The van der Waals surface area contributed by atoms with E-state index in [-0.39, 0.29) is 5.54 Å². The number of halogens is 1. The van der Waals surface area contributed by atoms with Gasteiger partial charge in [0.15, 0.2) is 0 Å². The Kier molecular flexibility index (Phi) is 3.72. The molecule has 2 nitrogen and oxygen atoms in total. The summed E-state index contributed by atoms with van der Waals surface area (Å²) in [5, 5.41) is 4.56. The average Bonchev–Trinajstić information content (AvgIpc) is 2.85. The number of rotatable bonds is 3. The van der Waals surface area contributed by atoms with Gasteiger partial charge in [0.2, 0.25) is 0 Å². The first kappa shape index (κ1) is 13.3. The van der Waals surface area contributed by atoms with Crippen molar-refractivity contribution in [2.75, 3.05) is 6.61 Å². The lowest BCUT2D eigenvalue weighted by Gasteiger charge is -2.35. The summed E-state index contributed by atoms with van der Waals surface area (Å²) in [6.45, 7) is 4.00. The Balaban J connectivity index is 1.73. The molecule has 3 rings (SSSR count). The van der Waals surface area contributed by atoms with E-state index < -0.39 is 0 Å². The molecule has 0 atom stereocenters. The van der Waals surface area contributed by atoms with Crippen molar-refractivity contribution in [2.24, 2.45) is 0 Å². The third-order valence-electron chi connectivity index (χ3n) is 4.49. The molecule has 2 aliphatic rings. The van der Waals surface area contributed by atoms with Gasteiger partial charge in [0, 0.05) is 29.1 Å². The van der Waals surface area contributed by atoms with Crippen LogP contribution in [0.1, 0.15) is 50.2 Å². The number of benzene rings is 1. The molecule has 1 saturated carbocycles. The highest BCUT2D eigenvalue weighted by Crippen LogP contribution is 2.34. The van der Waals surface area contributed by atoms with Crippen molar-refractivity contribution in [3.63, 3.8) is 0 Å². The minimum Gasteiger partial charge on any atom is -0.493 e. The molecule has 0 spiro atoms. The zero-order chi connectivity index (χ0) is 13.3. The maximum absolute atomic E-state index is 6.20. The van der Waals surface area contributed by atoms with Gasteiger partial charge in [0.05, 0.1) is 6.61 Å². The van der Waals surface area contributed by atoms with E-state index in [2.05, 4.69) is 12.2 Å². The Bertz CT molecular complexity index is 466. The normalized spacial score (nSPS) is 20.9. The molecule has 0 unspecified atom stereocenters. The average molecular weight is 280 g/mol. The van der Waals surface area contributed by atoms with Crippen LogP contribution < -0.4 is 10.1 Å². The number of nitrogens with one attached hydrogen (secondary N) is 1. The van der Waals surface area contributed by atoms with Crippen LogP contribution >= 0.6 is 11.6 Å². The number of hydrogen-bond acceptors (Lipinski definition) is 2. The van der Waals surface area contributed by atoms with Gasteiger partial charge in [-0.25, -0.2) is 0 Å². The van der Waals surface area contributed by atoms with Gasteiger partial charge >= 0.3 is 0 Å². The van der Waals surface area contributed by atoms with E-state index in [9.17, 15) is 0 Å². The molecular weight excluding hydrogens is 258 g/mol. The van der Waals surface area contributed by atoms with Crippen molar-refractivity contribution in [3.05, 3.63) is 28.3 Å². The molecule has 0 aromatic heterocycles. The third-order valence-corrected chi connectivity index (χ3v) is 4.71. The van der Waals surface area contributed by atoms with Crippen LogP contribution in [0.3, 0.4) is 0 Å². The van der Waals surface area contributed by atoms with E-state index in [0.717, 1.165) is 30.3 Å². The largest absolute Gasteiger partial charge is 0.493 e. The standard InChI is InChI=1S/C16H22ClNO/c1-16(6-3-2-4-7-16)18-11-13-10-14(17)9-12-5-8-19-15(12)13/h9-10,18H,2-8,11H2,1H3. The van der Waals surface area contributed by atoms with Gasteiger partial charge in [-0.3, -0.25) is 0 Å². The summed E-state index contributed by atoms with van der Waals surface area (Å²) in [5.41, 5.74) is 2.76. The fraction of sp³-hybridized carbons (Fsp3) is 0.625. The van der Waals surface area contributed by atoms with E-state index in [1.54, 1.807) is 0 Å². The smallest absolute Gasteiger partial charge is 0.127 e. The van der Waals surface area contributed by atoms with E-state index in [0.29, 0.717) is 0 Å². The van der Waals surface area contributed by atoms with Gasteiger partial charge in [0.1, 0.15) is 5.75 Å². The second kappa shape index (κ2) is 5.34. The van der Waals surface area contributed by atoms with Gasteiger partial charge < -0.3 is 10.1 Å². The van der Waals surface area contributed by atoms with E-state index >= 15 is 0 Å². The predicted octanol–water partition coefficient (Wildman–Crippen LogP) is 4.09. The highest BCUT2D eigenvalue weighted by molar-refractivity contribution is 6.30. The van der Waals surface area contributed by atoms with Crippen LogP contribution in [0.5, 0.6) is 5.75 Å². The Morgan fingerprint density at radius 2 is 2.05 bits per heavy atom. The van der Waals surface area contributed by atoms with Crippen molar-refractivity contribution in [3.8, 4) is 5.75 Å². The summed E-state index contributed by atoms with van der Waals surface area (Å²) in [6, 6.07) is 4.08. The predicted molar refractivity (Wildman–Crippen MR) is 79.0 cm³/mol. The molecule has 1 aromatic carbocycles. The maximum Gasteiger partial charge on any atom is 0.127 e. The summed E-state index contributed by atoms with van der Waals surface area (Å²) in [4.78, 5) is 0. The van der Waals surface area contributed by atoms with Gasteiger partial charge in [-0.05, 0) is 37.5 Å². The van der Waals surface area contributed by atoms with E-state index in [1.165, 1.54) is 43.2 Å². The number of hydrogen-bond donors (Lipinski definition) is 1. The van der Waals surface area contributed by atoms with Crippen molar-refractivity contribution >= 4 is 11.6 Å². The molecule has 3 heteroatoms. The molecule has 1 aromatic rings. The summed E-state index contributed by atoms with van der Waals surface area (Å²) in [6.07, 6.45) is 7.60. The summed E-state index contributed by atoms with van der Waals surface area (Å²) < 4.78 is 5.76. The summed E-state index contributed by atoms with van der Waals surface area (Å²) >= 11 is 6.20. The van der Waals surface area contributed by atoms with E-state index in [4.69, 9.17) is 16.3 Å². The lowest BCUT2D eigenvalue weighted by Crippen LogP contribution is -2.43. The zero-order valence-corrected chi connectivity index (χ0v) is 12.4. The van der Waals surface area contributed by atoms with Gasteiger partial charge in [-0.15, -0.1) is 0 Å². The number of ether oxygens (including phenoxy) is 1. The second-order valence-electron chi connectivity index (χ2n) is 6.13. The van der Waals surface area contributed by atoms with Gasteiger partial charge in [0.25, 0.3) is 0 Å². The molecule has 19 heavy (non-hydrogen) atoms. The Morgan fingerprint density at radius 1 is 1.26 bits per heavy atom. The monoisotopic (exact) mass is 279 g/mol.